The molecule has 0 unspecified atom stereocenters. The van der Waals surface area contributed by atoms with E-state index in [9.17, 15) is 4.79 Å². The molecular formula is C23H19N3O. The van der Waals surface area contributed by atoms with Gasteiger partial charge in [0.25, 0.3) is 5.91 Å². The zero-order valence-corrected chi connectivity index (χ0v) is 14.9. The molecular weight excluding hydrogens is 334 g/mol. The van der Waals surface area contributed by atoms with Gasteiger partial charge in [0.1, 0.15) is 0 Å². The highest BCUT2D eigenvalue weighted by Gasteiger charge is 2.12. The van der Waals surface area contributed by atoms with Crippen LogP contribution in [0.25, 0.3) is 22.4 Å². The summed E-state index contributed by atoms with van der Waals surface area (Å²) in [6, 6.07) is 27.6. The molecule has 0 radical (unpaired) electrons. The summed E-state index contributed by atoms with van der Waals surface area (Å²) in [4.78, 5) is 12.6. The van der Waals surface area contributed by atoms with Crippen molar-refractivity contribution in [3.8, 4) is 22.4 Å². The van der Waals surface area contributed by atoms with Crippen molar-refractivity contribution in [3.05, 3.63) is 96.2 Å². The fraction of sp³-hybridized carbons (Fsp3) is 0.0435. The van der Waals surface area contributed by atoms with Crippen molar-refractivity contribution in [1.29, 1.82) is 0 Å². The largest absolute Gasteiger partial charge is 0.321 e. The number of hydrogen-bond acceptors (Lipinski definition) is 2. The van der Waals surface area contributed by atoms with Gasteiger partial charge in [0, 0.05) is 5.69 Å². The van der Waals surface area contributed by atoms with Gasteiger partial charge in [0.05, 0.1) is 5.69 Å². The monoisotopic (exact) mass is 353 g/mol. The zero-order chi connectivity index (χ0) is 18.6. The Morgan fingerprint density at radius 2 is 1.59 bits per heavy atom. The van der Waals surface area contributed by atoms with Crippen molar-refractivity contribution < 1.29 is 4.79 Å². The van der Waals surface area contributed by atoms with Crippen molar-refractivity contribution >= 4 is 11.6 Å². The van der Waals surface area contributed by atoms with Gasteiger partial charge in [0.2, 0.25) is 0 Å². The smallest absolute Gasteiger partial charge is 0.276 e. The van der Waals surface area contributed by atoms with E-state index < -0.39 is 0 Å². The molecule has 27 heavy (non-hydrogen) atoms. The Morgan fingerprint density at radius 1 is 0.852 bits per heavy atom. The Labute approximate surface area is 157 Å². The number of anilines is 1. The van der Waals surface area contributed by atoms with Crippen molar-refractivity contribution in [2.75, 3.05) is 5.32 Å². The molecule has 1 aromatic heterocycles. The number of hydrogen-bond donors (Lipinski definition) is 2. The average molecular weight is 353 g/mol. The number of carbonyl (C=O) groups excluding carboxylic acids is 1. The number of nitrogens with zero attached hydrogens (tertiary/aromatic N) is 1. The number of benzene rings is 3. The number of amides is 1. The lowest BCUT2D eigenvalue weighted by Gasteiger charge is -2.09. The standard InChI is InChI=1S/C23H19N3O/c1-16-8-5-6-13-20(16)18-11-7-12-19(14-18)24-23(27)22-15-21(25-26-22)17-9-3-2-4-10-17/h2-15H,1H3,(H,24,27)(H,25,26). The van der Waals surface area contributed by atoms with Crippen LogP contribution < -0.4 is 5.32 Å². The zero-order valence-electron chi connectivity index (χ0n) is 14.9. The molecule has 1 amide bonds. The van der Waals surface area contributed by atoms with Gasteiger partial charge in [-0.25, -0.2) is 0 Å². The van der Waals surface area contributed by atoms with Crippen molar-refractivity contribution in [1.82, 2.24) is 10.2 Å². The van der Waals surface area contributed by atoms with E-state index in [0.29, 0.717) is 5.69 Å². The van der Waals surface area contributed by atoms with Crippen LogP contribution in [0.4, 0.5) is 5.69 Å². The maximum absolute atomic E-state index is 12.6. The van der Waals surface area contributed by atoms with Gasteiger partial charge < -0.3 is 5.32 Å². The van der Waals surface area contributed by atoms with Crippen LogP contribution in [0.2, 0.25) is 0 Å². The Balaban J connectivity index is 1.55. The molecule has 0 spiro atoms. The second kappa shape index (κ2) is 7.30. The Hall–Kier alpha value is -3.66. The van der Waals surface area contributed by atoms with Crippen LogP contribution in [0.5, 0.6) is 0 Å². The van der Waals surface area contributed by atoms with Gasteiger partial charge >= 0.3 is 0 Å². The van der Waals surface area contributed by atoms with Crippen LogP contribution in [0.15, 0.2) is 84.9 Å². The molecule has 4 aromatic rings. The molecule has 4 rings (SSSR count). The lowest BCUT2D eigenvalue weighted by molar-refractivity contribution is 0.102. The maximum atomic E-state index is 12.6. The van der Waals surface area contributed by atoms with E-state index in [4.69, 9.17) is 0 Å². The average Bonchev–Trinajstić information content (AvgIpc) is 3.20. The molecule has 1 heterocycles. The summed E-state index contributed by atoms with van der Waals surface area (Å²) in [6.45, 7) is 2.08. The second-order valence-corrected chi connectivity index (χ2v) is 6.38. The third-order valence-electron chi connectivity index (χ3n) is 4.47. The highest BCUT2D eigenvalue weighted by molar-refractivity contribution is 6.03. The van der Waals surface area contributed by atoms with Crippen LogP contribution in [-0.4, -0.2) is 16.1 Å². The molecule has 0 aliphatic rings. The highest BCUT2D eigenvalue weighted by Crippen LogP contribution is 2.26. The molecule has 0 aliphatic heterocycles. The summed E-state index contributed by atoms with van der Waals surface area (Å²) in [6.07, 6.45) is 0. The number of H-pyrrole nitrogens is 1. The molecule has 2 N–H and O–H groups in total. The lowest BCUT2D eigenvalue weighted by atomic mass is 10.0. The van der Waals surface area contributed by atoms with Gasteiger partial charge in [0.15, 0.2) is 5.69 Å². The first kappa shape index (κ1) is 16.8. The third kappa shape index (κ3) is 3.65. The fourth-order valence-corrected chi connectivity index (χ4v) is 3.06. The van der Waals surface area contributed by atoms with Crippen LogP contribution in [0.3, 0.4) is 0 Å². The van der Waals surface area contributed by atoms with E-state index in [2.05, 4.69) is 34.6 Å². The fourth-order valence-electron chi connectivity index (χ4n) is 3.06. The highest BCUT2D eigenvalue weighted by atomic mass is 16.1. The summed E-state index contributed by atoms with van der Waals surface area (Å²) in [7, 11) is 0. The van der Waals surface area contributed by atoms with E-state index in [0.717, 1.165) is 28.1 Å². The van der Waals surface area contributed by atoms with E-state index in [-0.39, 0.29) is 5.91 Å². The summed E-state index contributed by atoms with van der Waals surface area (Å²) < 4.78 is 0. The molecule has 0 bridgehead atoms. The maximum Gasteiger partial charge on any atom is 0.276 e. The molecule has 0 saturated heterocycles. The molecule has 4 nitrogen and oxygen atoms in total. The van der Waals surface area contributed by atoms with Gasteiger partial charge in [-0.2, -0.15) is 5.10 Å². The summed E-state index contributed by atoms with van der Waals surface area (Å²) in [5.74, 6) is -0.240. The van der Waals surface area contributed by atoms with E-state index in [1.54, 1.807) is 6.07 Å². The molecule has 4 heteroatoms. The predicted octanol–water partition coefficient (Wildman–Crippen LogP) is 5.30. The minimum absolute atomic E-state index is 0.240. The second-order valence-electron chi connectivity index (χ2n) is 6.38. The number of aromatic amines is 1. The van der Waals surface area contributed by atoms with Gasteiger partial charge in [-0.1, -0.05) is 66.7 Å². The first-order chi connectivity index (χ1) is 13.2. The van der Waals surface area contributed by atoms with E-state index in [1.807, 2.05) is 66.7 Å². The lowest BCUT2D eigenvalue weighted by Crippen LogP contribution is -2.12. The SMILES string of the molecule is Cc1ccccc1-c1cccc(NC(=O)c2cc(-c3ccccc3)[nH]n2)c1. The number of aryl methyl sites for hydroxylation is 1. The van der Waals surface area contributed by atoms with Gasteiger partial charge in [-0.05, 0) is 47.4 Å². The predicted molar refractivity (Wildman–Crippen MR) is 109 cm³/mol. The molecule has 0 atom stereocenters. The van der Waals surface area contributed by atoms with Gasteiger partial charge in [-0.3, -0.25) is 9.89 Å². The molecule has 132 valence electrons. The molecule has 0 saturated carbocycles. The Bertz CT molecular complexity index is 1080. The number of aromatic nitrogens is 2. The van der Waals surface area contributed by atoms with Crippen LogP contribution in [-0.2, 0) is 0 Å². The summed E-state index contributed by atoms with van der Waals surface area (Å²) >= 11 is 0. The van der Waals surface area contributed by atoms with E-state index >= 15 is 0 Å². The first-order valence-electron chi connectivity index (χ1n) is 8.79. The topological polar surface area (TPSA) is 57.8 Å². The third-order valence-corrected chi connectivity index (χ3v) is 4.47. The van der Waals surface area contributed by atoms with Gasteiger partial charge in [-0.15, -0.1) is 0 Å². The minimum Gasteiger partial charge on any atom is -0.321 e. The molecule has 0 aliphatic carbocycles. The number of carbonyl (C=O) groups is 1. The number of nitrogens with one attached hydrogen (secondary N) is 2. The van der Waals surface area contributed by atoms with Crippen LogP contribution >= 0.6 is 0 Å². The first-order valence-corrected chi connectivity index (χ1v) is 8.79. The van der Waals surface area contributed by atoms with Crippen LogP contribution in [0, 0.1) is 6.92 Å². The Kier molecular flexibility index (Phi) is 4.54. The number of rotatable bonds is 4. The van der Waals surface area contributed by atoms with Crippen molar-refractivity contribution in [2.45, 2.75) is 6.92 Å². The summed E-state index contributed by atoms with van der Waals surface area (Å²) in [5, 5.41) is 10.0. The minimum atomic E-state index is -0.240. The van der Waals surface area contributed by atoms with Crippen molar-refractivity contribution in [2.24, 2.45) is 0 Å². The van der Waals surface area contributed by atoms with Crippen LogP contribution in [0.1, 0.15) is 16.1 Å². The quantitative estimate of drug-likeness (QED) is 0.523. The summed E-state index contributed by atoms with van der Waals surface area (Å²) in [5.41, 5.74) is 6.32. The van der Waals surface area contributed by atoms with Crippen molar-refractivity contribution in [3.63, 3.8) is 0 Å². The molecule has 3 aromatic carbocycles. The van der Waals surface area contributed by atoms with E-state index in [1.165, 1.54) is 5.56 Å². The normalized spacial score (nSPS) is 10.6. The molecule has 0 fully saturated rings. The Morgan fingerprint density at radius 3 is 2.41 bits per heavy atom.